The second kappa shape index (κ2) is 15.6. The Morgan fingerprint density at radius 1 is 1.00 bits per heavy atom. The van der Waals surface area contributed by atoms with Crippen LogP contribution in [0.1, 0.15) is 71.4 Å². The van der Waals surface area contributed by atoms with E-state index < -0.39 is 60.1 Å². The highest BCUT2D eigenvalue weighted by atomic mass is 16.2. The van der Waals surface area contributed by atoms with Crippen LogP contribution in [0.5, 0.6) is 0 Å². The van der Waals surface area contributed by atoms with Crippen molar-refractivity contribution in [1.82, 2.24) is 31.2 Å². The number of carbonyl (C=O) groups is 6. The fourth-order valence-electron chi connectivity index (χ4n) is 4.74. The Kier molecular flexibility index (Phi) is 12.6. The van der Waals surface area contributed by atoms with Crippen LogP contribution in [0.25, 0.3) is 0 Å². The molecule has 1 aromatic rings. The summed E-state index contributed by atoms with van der Waals surface area (Å²) >= 11 is 0. The first-order chi connectivity index (χ1) is 18.5. The van der Waals surface area contributed by atoms with Crippen LogP contribution in [0.4, 0.5) is 0 Å². The molecular weight excluding hydrogens is 506 g/mol. The van der Waals surface area contributed by atoms with Crippen molar-refractivity contribution in [3.63, 3.8) is 0 Å². The van der Waals surface area contributed by atoms with E-state index in [1.54, 1.807) is 20.0 Å². The van der Waals surface area contributed by atoms with Gasteiger partial charge in [-0.3, -0.25) is 24.0 Å². The van der Waals surface area contributed by atoms with Crippen LogP contribution in [-0.4, -0.2) is 70.0 Å². The zero-order valence-electron chi connectivity index (χ0n) is 22.8. The number of aromatic amines is 1. The minimum atomic E-state index is -1.24. The molecule has 0 saturated heterocycles. The summed E-state index contributed by atoms with van der Waals surface area (Å²) < 4.78 is 0. The third-order valence-electron chi connectivity index (χ3n) is 6.76. The predicted octanol–water partition coefficient (Wildman–Crippen LogP) is -0.388. The molecule has 0 unspecified atom stereocenters. The first kappa shape index (κ1) is 31.4. The van der Waals surface area contributed by atoms with Crippen molar-refractivity contribution >= 4 is 35.8 Å². The van der Waals surface area contributed by atoms with Gasteiger partial charge in [-0.2, -0.15) is 0 Å². The lowest BCUT2D eigenvalue weighted by Gasteiger charge is -2.30. The minimum absolute atomic E-state index is 0.217. The molecule has 0 radical (unpaired) electrons. The third kappa shape index (κ3) is 10.9. The molecule has 1 aliphatic carbocycles. The summed E-state index contributed by atoms with van der Waals surface area (Å²) in [4.78, 5) is 81.0. The average molecular weight is 548 g/mol. The van der Waals surface area contributed by atoms with Gasteiger partial charge in [0.25, 0.3) is 0 Å². The highest BCUT2D eigenvalue weighted by Crippen LogP contribution is 2.27. The molecule has 5 amide bonds. The van der Waals surface area contributed by atoms with Crippen molar-refractivity contribution in [2.75, 3.05) is 0 Å². The van der Waals surface area contributed by atoms with E-state index >= 15 is 0 Å². The van der Waals surface area contributed by atoms with Crippen LogP contribution in [0.2, 0.25) is 0 Å². The Bertz CT molecular complexity index is 975. The zero-order valence-corrected chi connectivity index (χ0v) is 22.8. The number of H-pyrrole nitrogens is 1. The number of aldehydes is 1. The molecule has 0 spiro atoms. The Labute approximate surface area is 228 Å². The molecule has 7 N–H and O–H groups in total. The van der Waals surface area contributed by atoms with Gasteiger partial charge >= 0.3 is 0 Å². The van der Waals surface area contributed by atoms with Gasteiger partial charge in [0.05, 0.1) is 18.8 Å². The molecule has 0 aliphatic heterocycles. The van der Waals surface area contributed by atoms with Crippen molar-refractivity contribution in [3.05, 3.63) is 18.2 Å². The summed E-state index contributed by atoms with van der Waals surface area (Å²) in [6.45, 7) is 4.63. The van der Waals surface area contributed by atoms with Crippen molar-refractivity contribution in [2.45, 2.75) is 96.3 Å². The topological polar surface area (TPSA) is 205 Å². The van der Waals surface area contributed by atoms with E-state index in [1.165, 1.54) is 13.3 Å². The molecule has 0 bridgehead atoms. The van der Waals surface area contributed by atoms with Crippen molar-refractivity contribution < 1.29 is 28.8 Å². The molecule has 1 aliphatic rings. The van der Waals surface area contributed by atoms with Crippen LogP contribution >= 0.6 is 0 Å². The highest BCUT2D eigenvalue weighted by molar-refractivity contribution is 5.96. The van der Waals surface area contributed by atoms with Gasteiger partial charge in [0.2, 0.25) is 29.5 Å². The van der Waals surface area contributed by atoms with Crippen LogP contribution in [-0.2, 0) is 35.2 Å². The number of rotatable bonds is 15. The van der Waals surface area contributed by atoms with E-state index in [4.69, 9.17) is 5.73 Å². The number of nitrogens with two attached hydrogens (primary N) is 1. The number of imidazole rings is 1. The smallest absolute Gasteiger partial charge is 0.243 e. The lowest BCUT2D eigenvalue weighted by Crippen LogP contribution is -2.59. The summed E-state index contributed by atoms with van der Waals surface area (Å²) in [5.74, 6) is -3.32. The number of primary amides is 1. The van der Waals surface area contributed by atoms with E-state index in [9.17, 15) is 28.8 Å². The van der Waals surface area contributed by atoms with E-state index in [0.29, 0.717) is 18.4 Å². The maximum atomic E-state index is 13.4. The number of hydrogen-bond acceptors (Lipinski definition) is 7. The van der Waals surface area contributed by atoms with Gasteiger partial charge in [-0.25, -0.2) is 4.98 Å². The molecule has 13 nitrogen and oxygen atoms in total. The highest BCUT2D eigenvalue weighted by Gasteiger charge is 2.33. The Morgan fingerprint density at radius 2 is 1.67 bits per heavy atom. The van der Waals surface area contributed by atoms with E-state index in [2.05, 4.69) is 31.2 Å². The number of amides is 5. The molecule has 39 heavy (non-hydrogen) atoms. The van der Waals surface area contributed by atoms with Gasteiger partial charge in [-0.1, -0.05) is 46.0 Å². The van der Waals surface area contributed by atoms with E-state index in [1.807, 2.05) is 0 Å². The lowest BCUT2D eigenvalue weighted by molar-refractivity contribution is -0.135. The molecule has 1 saturated carbocycles. The molecule has 1 aromatic heterocycles. The Morgan fingerprint density at radius 3 is 2.21 bits per heavy atom. The largest absolute Gasteiger partial charge is 0.370 e. The summed E-state index contributed by atoms with van der Waals surface area (Å²) in [6, 6.07) is -4.06. The predicted molar refractivity (Wildman–Crippen MR) is 142 cm³/mol. The monoisotopic (exact) mass is 547 g/mol. The van der Waals surface area contributed by atoms with Gasteiger partial charge in [0, 0.05) is 25.2 Å². The van der Waals surface area contributed by atoms with Crippen molar-refractivity contribution in [1.29, 1.82) is 0 Å². The van der Waals surface area contributed by atoms with Crippen molar-refractivity contribution in [2.24, 2.45) is 17.6 Å². The Balaban J connectivity index is 2.17. The standard InChI is InChI=1S/C26H41N7O6/c1-15(2)23(33-25(38)21(11-22(27)36)30-16(3)35)26(39)32-20(9-17-7-5-4-6-8-17)24(37)31-19(13-34)10-18-12-28-14-29-18/h12-15,17,19-21,23H,4-11H2,1-3H3,(H2,27,36)(H,28,29)(H,30,35)(H,31,37)(H,32,39)(H,33,38)/t19-,20-,21-,23-/m0/s1. The third-order valence-corrected chi connectivity index (χ3v) is 6.76. The number of carbonyl (C=O) groups excluding carboxylic acids is 6. The average Bonchev–Trinajstić information content (AvgIpc) is 3.38. The summed E-state index contributed by atoms with van der Waals surface area (Å²) in [7, 11) is 0. The van der Waals surface area contributed by atoms with Gasteiger partial charge in [-0.15, -0.1) is 0 Å². The van der Waals surface area contributed by atoms with Gasteiger partial charge < -0.3 is 36.8 Å². The lowest BCUT2D eigenvalue weighted by atomic mass is 9.84. The quantitative estimate of drug-likeness (QED) is 0.160. The molecule has 1 fully saturated rings. The fourth-order valence-corrected chi connectivity index (χ4v) is 4.74. The number of nitrogens with zero attached hydrogens (tertiary/aromatic N) is 1. The van der Waals surface area contributed by atoms with Gasteiger partial charge in [0.1, 0.15) is 24.4 Å². The minimum Gasteiger partial charge on any atom is -0.370 e. The SMILES string of the molecule is CC(=O)N[C@@H](CC(N)=O)C(=O)N[C@H](C(=O)N[C@@H](CC1CCCCC1)C(=O)N[C@H](C=O)Cc1cnc[nH]1)C(C)C. The van der Waals surface area contributed by atoms with Gasteiger partial charge in [-0.05, 0) is 18.3 Å². The molecule has 4 atom stereocenters. The van der Waals surface area contributed by atoms with Crippen LogP contribution in [0.3, 0.4) is 0 Å². The first-order valence-electron chi connectivity index (χ1n) is 13.4. The van der Waals surface area contributed by atoms with E-state index in [-0.39, 0.29) is 18.3 Å². The normalized spacial score (nSPS) is 16.8. The zero-order chi connectivity index (χ0) is 28.9. The molecule has 1 heterocycles. The van der Waals surface area contributed by atoms with Crippen LogP contribution in [0.15, 0.2) is 12.5 Å². The number of aromatic nitrogens is 2. The summed E-state index contributed by atoms with van der Waals surface area (Å²) in [5.41, 5.74) is 5.89. The van der Waals surface area contributed by atoms with E-state index in [0.717, 1.165) is 32.1 Å². The van der Waals surface area contributed by atoms with Gasteiger partial charge in [0.15, 0.2) is 0 Å². The second-order valence-corrected chi connectivity index (χ2v) is 10.5. The molecule has 2 rings (SSSR count). The number of nitrogens with one attached hydrogen (secondary N) is 5. The fraction of sp³-hybridized carbons (Fsp3) is 0.654. The summed E-state index contributed by atoms with van der Waals surface area (Å²) in [6.07, 6.45) is 8.91. The number of hydrogen-bond donors (Lipinski definition) is 6. The van der Waals surface area contributed by atoms with Crippen LogP contribution < -0.4 is 27.0 Å². The molecular formula is C26H41N7O6. The Hall–Kier alpha value is -3.77. The molecule has 0 aromatic carbocycles. The van der Waals surface area contributed by atoms with Crippen LogP contribution in [0, 0.1) is 11.8 Å². The first-order valence-corrected chi connectivity index (χ1v) is 13.4. The molecule has 13 heteroatoms. The maximum absolute atomic E-state index is 13.4. The molecule has 216 valence electrons. The summed E-state index contributed by atoms with van der Waals surface area (Å²) in [5, 5.41) is 10.4. The second-order valence-electron chi connectivity index (χ2n) is 10.5. The van der Waals surface area contributed by atoms with Crippen molar-refractivity contribution in [3.8, 4) is 0 Å². The maximum Gasteiger partial charge on any atom is 0.243 e.